The highest BCUT2D eigenvalue weighted by Gasteiger charge is 2.36. The molecule has 3 atom stereocenters. The predicted octanol–water partition coefficient (Wildman–Crippen LogP) is 1.19. The van der Waals surface area contributed by atoms with Gasteiger partial charge in [0.15, 0.2) is 5.96 Å². The largest absolute Gasteiger partial charge is 0.469 e. The maximum Gasteiger partial charge on any atom is 0.310 e. The van der Waals surface area contributed by atoms with Crippen LogP contribution in [-0.4, -0.2) is 99.7 Å². The third-order valence-electron chi connectivity index (χ3n) is 5.47. The van der Waals surface area contributed by atoms with E-state index in [9.17, 15) is 4.79 Å². The number of hydrogen-bond acceptors (Lipinski definition) is 5. The molecule has 7 nitrogen and oxygen atoms in total. The van der Waals surface area contributed by atoms with E-state index in [2.05, 4.69) is 47.8 Å². The molecule has 0 aliphatic carbocycles. The van der Waals surface area contributed by atoms with Gasteiger partial charge < -0.3 is 24.8 Å². The van der Waals surface area contributed by atoms with Crippen LogP contribution in [0.15, 0.2) is 4.99 Å². The third-order valence-corrected chi connectivity index (χ3v) is 5.47. The van der Waals surface area contributed by atoms with Crippen molar-refractivity contribution >= 4 is 35.9 Å². The fraction of sp³-hybridized carbons (Fsp3) is 0.895. The Morgan fingerprint density at radius 3 is 2.52 bits per heavy atom. The van der Waals surface area contributed by atoms with Crippen LogP contribution in [0.25, 0.3) is 0 Å². The predicted molar refractivity (Wildman–Crippen MR) is 121 cm³/mol. The van der Waals surface area contributed by atoms with Crippen LogP contribution in [0, 0.1) is 17.8 Å². The zero-order valence-corrected chi connectivity index (χ0v) is 19.9. The number of likely N-dealkylation sites (tertiary alicyclic amines) is 1. The summed E-state index contributed by atoms with van der Waals surface area (Å²) >= 11 is 0. The maximum absolute atomic E-state index is 11.9. The van der Waals surface area contributed by atoms with Gasteiger partial charge in [0.05, 0.1) is 13.0 Å². The highest BCUT2D eigenvalue weighted by molar-refractivity contribution is 14.0. The molecule has 0 amide bonds. The van der Waals surface area contributed by atoms with Crippen LogP contribution in [0.3, 0.4) is 0 Å². The minimum absolute atomic E-state index is 0. The maximum atomic E-state index is 11.9. The Labute approximate surface area is 181 Å². The second-order valence-electron chi connectivity index (χ2n) is 7.92. The van der Waals surface area contributed by atoms with E-state index in [1.165, 1.54) is 7.11 Å². The second-order valence-corrected chi connectivity index (χ2v) is 7.92. The highest BCUT2D eigenvalue weighted by Crippen LogP contribution is 2.24. The van der Waals surface area contributed by atoms with Gasteiger partial charge >= 0.3 is 5.97 Å². The fourth-order valence-electron chi connectivity index (χ4n) is 3.80. The average molecular weight is 495 g/mol. The fourth-order valence-corrected chi connectivity index (χ4v) is 3.80. The molecule has 8 heteroatoms. The van der Waals surface area contributed by atoms with Crippen LogP contribution in [0.5, 0.6) is 0 Å². The van der Waals surface area contributed by atoms with Crippen molar-refractivity contribution in [2.75, 3.05) is 73.1 Å². The summed E-state index contributed by atoms with van der Waals surface area (Å²) in [6, 6.07) is 0. The molecule has 27 heavy (non-hydrogen) atoms. The highest BCUT2D eigenvalue weighted by atomic mass is 127. The number of nitrogens with zero attached hydrogens (tertiary/aromatic N) is 4. The summed E-state index contributed by atoms with van der Waals surface area (Å²) in [5, 5.41) is 3.39. The molecule has 158 valence electrons. The van der Waals surface area contributed by atoms with Gasteiger partial charge in [-0.25, -0.2) is 0 Å². The monoisotopic (exact) mass is 495 g/mol. The number of likely N-dealkylation sites (N-methyl/N-ethyl adjacent to an activating group) is 1. The average Bonchev–Trinajstić information content (AvgIpc) is 3.01. The summed E-state index contributed by atoms with van der Waals surface area (Å²) < 4.78 is 4.95. The van der Waals surface area contributed by atoms with E-state index >= 15 is 0 Å². The lowest BCUT2D eigenvalue weighted by atomic mass is 9.99. The Bertz CT molecular complexity index is 483. The first-order valence-electron chi connectivity index (χ1n) is 9.96. The van der Waals surface area contributed by atoms with Gasteiger partial charge in [-0.3, -0.25) is 9.79 Å². The van der Waals surface area contributed by atoms with Crippen LogP contribution in [0.4, 0.5) is 0 Å². The Morgan fingerprint density at radius 2 is 1.93 bits per heavy atom. The van der Waals surface area contributed by atoms with Gasteiger partial charge in [0.1, 0.15) is 0 Å². The van der Waals surface area contributed by atoms with E-state index in [-0.39, 0.29) is 41.8 Å². The molecule has 2 aliphatic rings. The first-order chi connectivity index (χ1) is 12.4. The number of ether oxygens (including phenoxy) is 1. The van der Waals surface area contributed by atoms with Gasteiger partial charge in [0.25, 0.3) is 0 Å². The summed E-state index contributed by atoms with van der Waals surface area (Å²) in [5.41, 5.74) is 0. The first kappa shape index (κ1) is 24.4. The molecule has 1 N–H and O–H groups in total. The number of rotatable bonds is 6. The molecule has 0 saturated carbocycles. The zero-order chi connectivity index (χ0) is 19.1. The summed E-state index contributed by atoms with van der Waals surface area (Å²) in [6.07, 6.45) is 0. The van der Waals surface area contributed by atoms with Gasteiger partial charge in [-0.2, -0.15) is 0 Å². The minimum atomic E-state index is -0.112. The lowest BCUT2D eigenvalue weighted by Gasteiger charge is -2.33. The lowest BCUT2D eigenvalue weighted by Crippen LogP contribution is -2.46. The second kappa shape index (κ2) is 12.1. The number of nitrogens with one attached hydrogen (secondary N) is 1. The van der Waals surface area contributed by atoms with E-state index < -0.39 is 0 Å². The molecule has 2 saturated heterocycles. The number of carbonyl (C=O) groups is 1. The smallest absolute Gasteiger partial charge is 0.310 e. The molecule has 0 aromatic rings. The van der Waals surface area contributed by atoms with E-state index in [1.54, 1.807) is 0 Å². The third kappa shape index (κ3) is 7.38. The summed E-state index contributed by atoms with van der Waals surface area (Å²) in [7, 11) is 3.66. The number of hydrogen-bond donors (Lipinski definition) is 1. The van der Waals surface area contributed by atoms with E-state index in [0.29, 0.717) is 12.5 Å². The molecule has 0 aromatic carbocycles. The van der Waals surface area contributed by atoms with Crippen molar-refractivity contribution in [3.8, 4) is 0 Å². The molecule has 0 spiro atoms. The van der Waals surface area contributed by atoms with Crippen molar-refractivity contribution in [2.24, 2.45) is 22.7 Å². The van der Waals surface area contributed by atoms with E-state index in [4.69, 9.17) is 9.73 Å². The molecule has 0 radical (unpaired) electrons. The number of carbonyl (C=O) groups excluding carboxylic acids is 1. The molecule has 0 bridgehead atoms. The molecule has 2 heterocycles. The number of esters is 1. The molecule has 0 aromatic heterocycles. The van der Waals surface area contributed by atoms with Crippen molar-refractivity contribution in [3.05, 3.63) is 0 Å². The van der Waals surface area contributed by atoms with Crippen LogP contribution in [-0.2, 0) is 9.53 Å². The number of methoxy groups -OCH3 is 1. The number of guanidine groups is 1. The van der Waals surface area contributed by atoms with Gasteiger partial charge in [-0.15, -0.1) is 24.0 Å². The zero-order valence-electron chi connectivity index (χ0n) is 17.6. The van der Waals surface area contributed by atoms with Gasteiger partial charge in [-0.05, 0) is 25.8 Å². The van der Waals surface area contributed by atoms with Gasteiger partial charge in [-0.1, -0.05) is 13.8 Å². The summed E-state index contributed by atoms with van der Waals surface area (Å²) in [6.45, 7) is 15.3. The quantitative estimate of drug-likeness (QED) is 0.259. The first-order valence-corrected chi connectivity index (χ1v) is 9.96. The summed E-state index contributed by atoms with van der Waals surface area (Å²) in [4.78, 5) is 23.9. The van der Waals surface area contributed by atoms with Gasteiger partial charge in [0, 0.05) is 58.9 Å². The Balaban J connectivity index is 0.00000364. The molecule has 2 aliphatic heterocycles. The number of halogens is 1. The Kier molecular flexibility index (Phi) is 10.9. The van der Waals surface area contributed by atoms with Crippen molar-refractivity contribution in [3.63, 3.8) is 0 Å². The van der Waals surface area contributed by atoms with Crippen molar-refractivity contribution < 1.29 is 9.53 Å². The Hall–Kier alpha value is -0.610. The normalized spacial score (nSPS) is 25.8. The van der Waals surface area contributed by atoms with Crippen LogP contribution in [0.1, 0.15) is 20.8 Å². The molecule has 2 fully saturated rings. The molecule has 2 rings (SSSR count). The van der Waals surface area contributed by atoms with Crippen molar-refractivity contribution in [1.29, 1.82) is 0 Å². The van der Waals surface area contributed by atoms with Crippen molar-refractivity contribution in [1.82, 2.24) is 20.0 Å². The standard InChI is InChI=1S/C19H37N5O2.HI/c1-6-20-19(24-13-16(3)17(14-24)18(25)26-5)21-11-15(2)12-23-9-7-22(4)8-10-23;/h15-17H,6-14H2,1-5H3,(H,20,21);1H. The Morgan fingerprint density at radius 1 is 1.26 bits per heavy atom. The van der Waals surface area contributed by atoms with Crippen molar-refractivity contribution in [2.45, 2.75) is 20.8 Å². The lowest BCUT2D eigenvalue weighted by molar-refractivity contribution is -0.145. The molecule has 3 unspecified atom stereocenters. The molecular formula is C19H38IN5O2. The van der Waals surface area contributed by atoms with E-state index in [1.807, 2.05) is 0 Å². The van der Waals surface area contributed by atoms with E-state index in [0.717, 1.165) is 58.3 Å². The molecular weight excluding hydrogens is 457 g/mol. The van der Waals surface area contributed by atoms with Crippen LogP contribution < -0.4 is 5.32 Å². The minimum Gasteiger partial charge on any atom is -0.469 e. The SMILES string of the molecule is CCNC(=NCC(C)CN1CCN(C)CC1)N1CC(C)C(C(=O)OC)C1.I. The number of piperazine rings is 1. The summed E-state index contributed by atoms with van der Waals surface area (Å²) in [5.74, 6) is 1.56. The van der Waals surface area contributed by atoms with Crippen LogP contribution in [0.2, 0.25) is 0 Å². The topological polar surface area (TPSA) is 60.4 Å². The van der Waals surface area contributed by atoms with Gasteiger partial charge in [0.2, 0.25) is 0 Å². The number of aliphatic imine (C=N–C) groups is 1. The van der Waals surface area contributed by atoms with Crippen LogP contribution >= 0.6 is 24.0 Å².